The van der Waals surface area contributed by atoms with Crippen LogP contribution in [0.1, 0.15) is 26.7 Å². The lowest BCUT2D eigenvalue weighted by Gasteiger charge is -2.35. The monoisotopic (exact) mass is 452 g/mol. The molecule has 8 heteroatoms. The Kier molecular flexibility index (Phi) is 4.81. The number of ketones is 1. The molecule has 0 aliphatic carbocycles. The van der Waals surface area contributed by atoms with Crippen LogP contribution >= 0.6 is 11.3 Å². The zero-order chi connectivity index (χ0) is 23.2. The summed E-state index contributed by atoms with van der Waals surface area (Å²) in [6, 6.07) is 22.0. The third-order valence-electron chi connectivity index (χ3n) is 6.34. The Hall–Kier alpha value is -4.27. The van der Waals surface area contributed by atoms with E-state index in [9.17, 15) is 25.4 Å². The molecule has 0 radical (unpaired) electrons. The number of thiophene rings is 1. The molecular formula is C25H16N4O3S. The summed E-state index contributed by atoms with van der Waals surface area (Å²) >= 11 is 0.910. The Labute approximate surface area is 193 Å². The SMILES string of the molecule is N#CC1(C#N)[C@@H](c2ccc([N+](=O)[O-])s2)[C@H](C(=O)c2ccccc2)N2c3ccccc3C=C[C@@H]21. The van der Waals surface area contributed by atoms with E-state index in [0.29, 0.717) is 10.4 Å². The minimum Gasteiger partial charge on any atom is -0.351 e. The number of fused-ring (bicyclic) bond motifs is 3. The molecule has 3 aromatic rings. The zero-order valence-corrected chi connectivity index (χ0v) is 18.0. The molecule has 7 nitrogen and oxygen atoms in total. The fourth-order valence-electron chi connectivity index (χ4n) is 4.92. The highest BCUT2D eigenvalue weighted by Crippen LogP contribution is 2.56. The molecule has 33 heavy (non-hydrogen) atoms. The molecule has 0 saturated carbocycles. The second-order valence-electron chi connectivity index (χ2n) is 7.95. The van der Waals surface area contributed by atoms with Gasteiger partial charge in [0.05, 0.1) is 29.0 Å². The third-order valence-corrected chi connectivity index (χ3v) is 7.46. The summed E-state index contributed by atoms with van der Waals surface area (Å²) in [6.07, 6.45) is 3.66. The number of para-hydroxylation sites is 1. The fraction of sp³-hybridized carbons (Fsp3) is 0.160. The molecule has 0 spiro atoms. The molecule has 2 aliphatic rings. The van der Waals surface area contributed by atoms with Crippen LogP contribution in [-0.4, -0.2) is 22.8 Å². The number of carbonyl (C=O) groups excluding carboxylic acids is 1. The number of nitrogens with zero attached hydrogens (tertiary/aromatic N) is 4. The van der Waals surface area contributed by atoms with Crippen molar-refractivity contribution in [1.29, 1.82) is 10.5 Å². The molecule has 1 fully saturated rings. The first-order chi connectivity index (χ1) is 16.0. The number of hydrogen-bond acceptors (Lipinski definition) is 7. The van der Waals surface area contributed by atoms with Gasteiger partial charge in [0.1, 0.15) is 6.04 Å². The van der Waals surface area contributed by atoms with E-state index in [1.165, 1.54) is 6.07 Å². The average molecular weight is 452 g/mol. The summed E-state index contributed by atoms with van der Waals surface area (Å²) in [5, 5.41) is 32.0. The van der Waals surface area contributed by atoms with Crippen molar-refractivity contribution in [2.75, 3.05) is 4.90 Å². The highest BCUT2D eigenvalue weighted by molar-refractivity contribution is 7.15. The molecule has 3 atom stereocenters. The van der Waals surface area contributed by atoms with Crippen LogP contribution in [0.4, 0.5) is 10.7 Å². The van der Waals surface area contributed by atoms with Crippen LogP contribution in [0.2, 0.25) is 0 Å². The Morgan fingerprint density at radius 2 is 1.73 bits per heavy atom. The molecule has 0 unspecified atom stereocenters. The lowest BCUT2D eigenvalue weighted by molar-refractivity contribution is -0.380. The van der Waals surface area contributed by atoms with Crippen molar-refractivity contribution in [2.24, 2.45) is 5.41 Å². The highest BCUT2D eigenvalue weighted by Gasteiger charge is 2.63. The number of Topliss-reactive ketones (excluding diaryl/α,β-unsaturated/α-hetero) is 1. The molecule has 0 amide bonds. The molecule has 160 valence electrons. The molecule has 3 heterocycles. The van der Waals surface area contributed by atoms with Crippen molar-refractivity contribution in [3.05, 3.63) is 98.9 Å². The van der Waals surface area contributed by atoms with Crippen molar-refractivity contribution in [3.63, 3.8) is 0 Å². The first kappa shape index (κ1) is 20.6. The van der Waals surface area contributed by atoms with Crippen LogP contribution in [0.15, 0.2) is 72.8 Å². The smallest absolute Gasteiger partial charge is 0.324 e. The largest absolute Gasteiger partial charge is 0.351 e. The second-order valence-corrected chi connectivity index (χ2v) is 9.04. The van der Waals surface area contributed by atoms with Gasteiger partial charge in [0, 0.05) is 22.2 Å². The Morgan fingerprint density at radius 1 is 1.03 bits per heavy atom. The van der Waals surface area contributed by atoms with Gasteiger partial charge in [-0.05, 0) is 17.7 Å². The molecular weight excluding hydrogens is 436 g/mol. The second kappa shape index (κ2) is 7.70. The van der Waals surface area contributed by atoms with Gasteiger partial charge in [-0.3, -0.25) is 14.9 Å². The van der Waals surface area contributed by atoms with Crippen LogP contribution in [0.25, 0.3) is 6.08 Å². The molecule has 0 bridgehead atoms. The number of nitro groups is 1. The number of hydrogen-bond donors (Lipinski definition) is 0. The summed E-state index contributed by atoms with van der Waals surface area (Å²) < 4.78 is 0. The lowest BCUT2D eigenvalue weighted by atomic mass is 9.71. The molecule has 1 aromatic heterocycles. The fourth-order valence-corrected chi connectivity index (χ4v) is 5.95. The highest BCUT2D eigenvalue weighted by atomic mass is 32.1. The molecule has 2 aromatic carbocycles. The van der Waals surface area contributed by atoms with E-state index >= 15 is 0 Å². The van der Waals surface area contributed by atoms with Crippen molar-refractivity contribution >= 4 is 33.9 Å². The van der Waals surface area contributed by atoms with Gasteiger partial charge in [0.15, 0.2) is 11.2 Å². The quantitative estimate of drug-likeness (QED) is 0.315. The van der Waals surface area contributed by atoms with Crippen molar-refractivity contribution in [3.8, 4) is 12.1 Å². The Morgan fingerprint density at radius 3 is 2.39 bits per heavy atom. The first-order valence-corrected chi connectivity index (χ1v) is 11.0. The van der Waals surface area contributed by atoms with Crippen molar-refractivity contribution in [1.82, 2.24) is 0 Å². The van der Waals surface area contributed by atoms with E-state index in [-0.39, 0.29) is 10.8 Å². The average Bonchev–Trinajstić information content (AvgIpc) is 3.45. The predicted octanol–water partition coefficient (Wildman–Crippen LogP) is 4.94. The maximum absolute atomic E-state index is 13.9. The molecule has 0 N–H and O–H groups in total. The van der Waals surface area contributed by atoms with Gasteiger partial charge in [-0.1, -0.05) is 72.0 Å². The minimum atomic E-state index is -1.61. The summed E-state index contributed by atoms with van der Waals surface area (Å²) in [6.45, 7) is 0. The van der Waals surface area contributed by atoms with Gasteiger partial charge in [-0.25, -0.2) is 0 Å². The molecule has 5 rings (SSSR count). The van der Waals surface area contributed by atoms with E-state index < -0.39 is 28.3 Å². The third kappa shape index (κ3) is 2.96. The zero-order valence-electron chi connectivity index (χ0n) is 17.2. The first-order valence-electron chi connectivity index (χ1n) is 10.2. The normalized spacial score (nSPS) is 22.0. The van der Waals surface area contributed by atoms with E-state index in [1.807, 2.05) is 41.3 Å². The van der Waals surface area contributed by atoms with Gasteiger partial charge in [-0.15, -0.1) is 0 Å². The number of rotatable bonds is 4. The minimum absolute atomic E-state index is 0.0958. The number of nitriles is 2. The standard InChI is InChI=1S/C25H16N4O3S/c26-14-25(15-27)20-12-10-16-6-4-5-9-18(16)28(20)23(24(30)17-7-2-1-3-8-17)22(25)19-11-13-21(33-19)29(31)32/h1-13,20,22-23H/t20-,22+,23-/m1/s1. The van der Waals surface area contributed by atoms with Gasteiger partial charge in [0.2, 0.25) is 0 Å². The summed E-state index contributed by atoms with van der Waals surface area (Å²) in [7, 11) is 0. The van der Waals surface area contributed by atoms with E-state index in [1.54, 1.807) is 36.4 Å². The van der Waals surface area contributed by atoms with Gasteiger partial charge in [0.25, 0.3) is 0 Å². The Bertz CT molecular complexity index is 1370. The summed E-state index contributed by atoms with van der Waals surface area (Å²) in [4.78, 5) is 27.1. The maximum Gasteiger partial charge on any atom is 0.324 e. The number of carbonyl (C=O) groups is 1. The number of anilines is 1. The summed E-state index contributed by atoms with van der Waals surface area (Å²) in [5.74, 6) is -1.11. The van der Waals surface area contributed by atoms with Gasteiger partial charge >= 0.3 is 5.00 Å². The maximum atomic E-state index is 13.9. The van der Waals surface area contributed by atoms with E-state index in [2.05, 4.69) is 12.1 Å². The lowest BCUT2D eigenvalue weighted by Crippen LogP contribution is -2.44. The van der Waals surface area contributed by atoms with Crippen LogP contribution in [0.3, 0.4) is 0 Å². The van der Waals surface area contributed by atoms with E-state index in [4.69, 9.17) is 0 Å². The van der Waals surface area contributed by atoms with Crippen LogP contribution in [0.5, 0.6) is 0 Å². The van der Waals surface area contributed by atoms with Gasteiger partial charge in [-0.2, -0.15) is 10.5 Å². The number of benzene rings is 2. The topological polar surface area (TPSA) is 111 Å². The van der Waals surface area contributed by atoms with Crippen molar-refractivity contribution < 1.29 is 9.72 Å². The molecule has 2 aliphatic heterocycles. The van der Waals surface area contributed by atoms with Crippen LogP contribution < -0.4 is 4.90 Å². The van der Waals surface area contributed by atoms with Crippen molar-refractivity contribution in [2.45, 2.75) is 18.0 Å². The molecule has 1 saturated heterocycles. The van der Waals surface area contributed by atoms with Crippen LogP contribution in [-0.2, 0) is 0 Å². The summed E-state index contributed by atoms with van der Waals surface area (Å²) in [5.41, 5.74) is 0.471. The Balaban J connectivity index is 1.78. The van der Waals surface area contributed by atoms with Gasteiger partial charge < -0.3 is 4.90 Å². The van der Waals surface area contributed by atoms with E-state index in [0.717, 1.165) is 22.6 Å². The predicted molar refractivity (Wildman–Crippen MR) is 124 cm³/mol. The van der Waals surface area contributed by atoms with Crippen LogP contribution in [0, 0.1) is 38.2 Å².